The van der Waals surface area contributed by atoms with E-state index in [1.807, 2.05) is 97.1 Å². The van der Waals surface area contributed by atoms with Gasteiger partial charge in [0.1, 0.15) is 5.75 Å². The number of rotatable bonds is 12. The lowest BCUT2D eigenvalue weighted by molar-refractivity contribution is -0.130. The SMILES string of the molecule is O=C(NCC1(O)CCCCC1)[C@]1(C/C=C/c2ccccc2)N=C(c2ccc(OCCCO)cc2)O[C@@H]1c1ccccc1. The molecule has 7 nitrogen and oxygen atoms in total. The largest absolute Gasteiger partial charge is 0.494 e. The Balaban J connectivity index is 1.49. The lowest BCUT2D eigenvalue weighted by atomic mass is 9.82. The average Bonchev–Trinajstić information content (AvgIpc) is 3.42. The van der Waals surface area contributed by atoms with Crippen LogP contribution >= 0.6 is 0 Å². The van der Waals surface area contributed by atoms with Gasteiger partial charge in [-0.05, 0) is 48.2 Å². The first kappa shape index (κ1) is 29.5. The number of aliphatic hydroxyl groups excluding tert-OH is 1. The standard InChI is InChI=1S/C35H40N2O5/c38-24-11-25-41-30-19-17-29(18-20-30)32-37-35(23-10-14-27-12-4-1-5-13-27,31(42-32)28-15-6-2-7-16-28)33(39)36-26-34(40)21-8-3-9-22-34/h1-2,4-7,10,12-20,31,38,40H,3,8-9,11,21-26H2,(H,36,39)/b14-10+/t31-,35-/m1/s1. The summed E-state index contributed by atoms with van der Waals surface area (Å²) in [6, 6.07) is 27.1. The second-order valence-electron chi connectivity index (χ2n) is 11.2. The number of benzene rings is 3. The van der Waals surface area contributed by atoms with Gasteiger partial charge in [-0.1, -0.05) is 92.1 Å². The Bertz CT molecular complexity index is 1350. The number of hydrogen-bond acceptors (Lipinski definition) is 6. The molecule has 7 heteroatoms. The van der Waals surface area contributed by atoms with Crippen LogP contribution in [0.4, 0.5) is 0 Å². The highest BCUT2D eigenvalue weighted by Gasteiger charge is 2.52. The third kappa shape index (κ3) is 7.09. The van der Waals surface area contributed by atoms with Crippen molar-refractivity contribution in [2.24, 2.45) is 4.99 Å². The second-order valence-corrected chi connectivity index (χ2v) is 11.2. The van der Waals surface area contributed by atoms with Crippen molar-refractivity contribution in [3.05, 3.63) is 108 Å². The topological polar surface area (TPSA) is 100 Å². The van der Waals surface area contributed by atoms with Crippen LogP contribution in [-0.4, -0.2) is 52.9 Å². The van der Waals surface area contributed by atoms with Gasteiger partial charge in [-0.3, -0.25) is 4.79 Å². The maximum absolute atomic E-state index is 14.3. The number of amides is 1. The van der Waals surface area contributed by atoms with E-state index in [-0.39, 0.29) is 19.1 Å². The van der Waals surface area contributed by atoms with E-state index in [0.29, 0.717) is 43.9 Å². The van der Waals surface area contributed by atoms with Crippen molar-refractivity contribution < 1.29 is 24.5 Å². The zero-order chi connectivity index (χ0) is 29.3. The van der Waals surface area contributed by atoms with Crippen molar-refractivity contribution in [2.45, 2.75) is 62.2 Å². The predicted molar refractivity (Wildman–Crippen MR) is 164 cm³/mol. The van der Waals surface area contributed by atoms with Gasteiger partial charge >= 0.3 is 0 Å². The number of hydrogen-bond donors (Lipinski definition) is 3. The van der Waals surface area contributed by atoms with Crippen molar-refractivity contribution in [1.29, 1.82) is 0 Å². The lowest BCUT2D eigenvalue weighted by Gasteiger charge is -2.35. The molecule has 0 aromatic heterocycles. The van der Waals surface area contributed by atoms with E-state index < -0.39 is 17.2 Å². The summed E-state index contributed by atoms with van der Waals surface area (Å²) in [5.74, 6) is 0.790. The van der Waals surface area contributed by atoms with E-state index in [4.69, 9.17) is 19.6 Å². The number of nitrogens with zero attached hydrogens (tertiary/aromatic N) is 1. The number of ether oxygens (including phenoxy) is 2. The predicted octanol–water partition coefficient (Wildman–Crippen LogP) is 5.62. The van der Waals surface area contributed by atoms with Crippen LogP contribution in [0.15, 0.2) is 96.0 Å². The van der Waals surface area contributed by atoms with E-state index in [9.17, 15) is 9.90 Å². The average molecular weight is 569 g/mol. The lowest BCUT2D eigenvalue weighted by Crippen LogP contribution is -2.52. The zero-order valence-corrected chi connectivity index (χ0v) is 24.0. The molecule has 3 aromatic carbocycles. The first-order valence-corrected chi connectivity index (χ1v) is 14.9. The Kier molecular flexibility index (Phi) is 9.72. The van der Waals surface area contributed by atoms with Gasteiger partial charge in [0.15, 0.2) is 11.6 Å². The summed E-state index contributed by atoms with van der Waals surface area (Å²) in [6.07, 6.45) is 8.53. The molecule has 0 unspecified atom stereocenters. The van der Waals surface area contributed by atoms with Gasteiger partial charge in [0, 0.05) is 31.6 Å². The number of carbonyl (C=O) groups excluding carboxylic acids is 1. The van der Waals surface area contributed by atoms with Gasteiger partial charge in [0.25, 0.3) is 5.91 Å². The van der Waals surface area contributed by atoms with Crippen LogP contribution < -0.4 is 10.1 Å². The van der Waals surface area contributed by atoms with Crippen molar-refractivity contribution in [3.8, 4) is 5.75 Å². The summed E-state index contributed by atoms with van der Waals surface area (Å²) in [5, 5.41) is 23.3. The minimum atomic E-state index is -1.29. The Morgan fingerprint density at radius 2 is 1.67 bits per heavy atom. The molecule has 1 saturated carbocycles. The van der Waals surface area contributed by atoms with Crippen LogP contribution in [0.25, 0.3) is 6.08 Å². The zero-order valence-electron chi connectivity index (χ0n) is 24.0. The second kappa shape index (κ2) is 13.8. The van der Waals surface area contributed by atoms with Gasteiger partial charge in [-0.2, -0.15) is 0 Å². The fourth-order valence-corrected chi connectivity index (χ4v) is 5.67. The first-order valence-electron chi connectivity index (χ1n) is 14.9. The molecule has 0 spiro atoms. The van der Waals surface area contributed by atoms with Crippen molar-refractivity contribution >= 4 is 17.9 Å². The molecule has 1 amide bonds. The Hall–Kier alpha value is -3.94. The van der Waals surface area contributed by atoms with E-state index in [1.165, 1.54) is 0 Å². The molecule has 1 aliphatic carbocycles. The summed E-state index contributed by atoms with van der Waals surface area (Å²) in [7, 11) is 0. The molecule has 220 valence electrons. The summed E-state index contributed by atoms with van der Waals surface area (Å²) >= 11 is 0. The minimum absolute atomic E-state index is 0.0733. The highest BCUT2D eigenvalue weighted by molar-refractivity contribution is 6.01. The number of carbonyl (C=O) groups is 1. The smallest absolute Gasteiger partial charge is 0.252 e. The van der Waals surface area contributed by atoms with Crippen LogP contribution in [0.2, 0.25) is 0 Å². The summed E-state index contributed by atoms with van der Waals surface area (Å²) in [4.78, 5) is 19.3. The molecule has 5 rings (SSSR count). The molecule has 0 bridgehead atoms. The van der Waals surface area contributed by atoms with Crippen LogP contribution in [0.1, 0.15) is 67.7 Å². The molecule has 3 aromatic rings. The van der Waals surface area contributed by atoms with Gasteiger partial charge in [-0.25, -0.2) is 4.99 Å². The summed E-state index contributed by atoms with van der Waals surface area (Å²) < 4.78 is 12.2. The maximum Gasteiger partial charge on any atom is 0.252 e. The fraction of sp³-hybridized carbons (Fsp3) is 0.371. The van der Waals surface area contributed by atoms with Crippen molar-refractivity contribution in [3.63, 3.8) is 0 Å². The molecule has 0 saturated heterocycles. The highest BCUT2D eigenvalue weighted by Crippen LogP contribution is 2.43. The van der Waals surface area contributed by atoms with Gasteiger partial charge in [-0.15, -0.1) is 0 Å². The quantitative estimate of drug-likeness (QED) is 0.246. The van der Waals surface area contributed by atoms with Crippen LogP contribution in [-0.2, 0) is 9.53 Å². The molecule has 3 N–H and O–H groups in total. The maximum atomic E-state index is 14.3. The first-order chi connectivity index (χ1) is 20.5. The van der Waals surface area contributed by atoms with E-state index in [2.05, 4.69) is 5.32 Å². The van der Waals surface area contributed by atoms with Crippen molar-refractivity contribution in [2.75, 3.05) is 19.8 Å². The number of nitrogens with one attached hydrogen (secondary N) is 1. The molecule has 1 fully saturated rings. The molecule has 42 heavy (non-hydrogen) atoms. The third-order valence-electron chi connectivity index (χ3n) is 8.03. The molecular formula is C35H40N2O5. The van der Waals surface area contributed by atoms with Crippen LogP contribution in [0.5, 0.6) is 5.75 Å². The van der Waals surface area contributed by atoms with Gasteiger partial charge in [0.2, 0.25) is 5.90 Å². The minimum Gasteiger partial charge on any atom is -0.494 e. The molecular weight excluding hydrogens is 528 g/mol. The monoisotopic (exact) mass is 568 g/mol. The third-order valence-corrected chi connectivity index (χ3v) is 8.03. The molecule has 0 radical (unpaired) electrons. The van der Waals surface area contributed by atoms with Crippen LogP contribution in [0.3, 0.4) is 0 Å². The highest BCUT2D eigenvalue weighted by atomic mass is 16.5. The van der Waals surface area contributed by atoms with E-state index in [1.54, 1.807) is 0 Å². The summed E-state index contributed by atoms with van der Waals surface area (Å²) in [5.41, 5.74) is 0.414. The van der Waals surface area contributed by atoms with E-state index in [0.717, 1.165) is 36.0 Å². The van der Waals surface area contributed by atoms with Gasteiger partial charge < -0.3 is 25.0 Å². The van der Waals surface area contributed by atoms with E-state index >= 15 is 0 Å². The molecule has 2 atom stereocenters. The Morgan fingerprint density at radius 3 is 2.36 bits per heavy atom. The number of aliphatic hydroxyl groups is 2. The van der Waals surface area contributed by atoms with Crippen molar-refractivity contribution in [1.82, 2.24) is 5.32 Å². The molecule has 1 heterocycles. The Morgan fingerprint density at radius 1 is 0.976 bits per heavy atom. The molecule has 1 aliphatic heterocycles. The summed E-state index contributed by atoms with van der Waals surface area (Å²) in [6.45, 7) is 0.679. The van der Waals surface area contributed by atoms with Gasteiger partial charge in [0.05, 0.1) is 12.2 Å². The molecule has 2 aliphatic rings. The van der Waals surface area contributed by atoms with Crippen LogP contribution in [0, 0.1) is 0 Å². The Labute approximate surface area is 247 Å². The fourth-order valence-electron chi connectivity index (χ4n) is 5.67. The number of aliphatic imine (C=N–C) groups is 1. The normalized spacial score (nSPS) is 21.5.